The molecule has 0 aliphatic carbocycles. The molecule has 0 bridgehead atoms. The fourth-order valence-electron chi connectivity index (χ4n) is 2.95. The quantitative estimate of drug-likeness (QED) is 0.761. The molecule has 2 heterocycles. The molecule has 6 heteroatoms. The van der Waals surface area contributed by atoms with Crippen LogP contribution in [0.15, 0.2) is 0 Å². The second-order valence-electron chi connectivity index (χ2n) is 5.26. The van der Waals surface area contributed by atoms with E-state index in [9.17, 15) is 13.2 Å². The number of carbonyl (C=O) groups is 1. The molecule has 0 spiro atoms. The lowest BCUT2D eigenvalue weighted by Crippen LogP contribution is -2.30. The standard InChI is InChI=1S/C11H19NO4S/c13-11(14)10-5-9(6-12-10)4-8-2-1-3-17(15,16)7-8/h8-10,12H,1-7H2,(H,13,14). The van der Waals surface area contributed by atoms with E-state index in [1.165, 1.54) is 0 Å². The maximum Gasteiger partial charge on any atom is 0.320 e. The monoisotopic (exact) mass is 261 g/mol. The summed E-state index contributed by atoms with van der Waals surface area (Å²) in [6.45, 7) is 0.702. The molecule has 3 atom stereocenters. The van der Waals surface area contributed by atoms with Gasteiger partial charge in [-0.2, -0.15) is 0 Å². The highest BCUT2D eigenvalue weighted by Gasteiger charge is 2.33. The van der Waals surface area contributed by atoms with E-state index in [4.69, 9.17) is 5.11 Å². The number of hydrogen-bond donors (Lipinski definition) is 2. The SMILES string of the molecule is O=C(O)C1CC(CC2CCCS(=O)(=O)C2)CN1. The molecule has 0 aromatic rings. The molecule has 2 N–H and O–H groups in total. The summed E-state index contributed by atoms with van der Waals surface area (Å²) in [6.07, 6.45) is 3.20. The minimum Gasteiger partial charge on any atom is -0.480 e. The van der Waals surface area contributed by atoms with Gasteiger partial charge in [0, 0.05) is 0 Å². The van der Waals surface area contributed by atoms with Crippen molar-refractivity contribution >= 4 is 15.8 Å². The molecule has 0 radical (unpaired) electrons. The summed E-state index contributed by atoms with van der Waals surface area (Å²) >= 11 is 0. The molecule has 2 fully saturated rings. The molecular weight excluding hydrogens is 242 g/mol. The van der Waals surface area contributed by atoms with Gasteiger partial charge in [-0.3, -0.25) is 4.79 Å². The lowest BCUT2D eigenvalue weighted by atomic mass is 9.90. The first kappa shape index (κ1) is 12.8. The van der Waals surface area contributed by atoms with Gasteiger partial charge in [0.15, 0.2) is 9.84 Å². The van der Waals surface area contributed by atoms with E-state index < -0.39 is 21.8 Å². The third kappa shape index (κ3) is 3.42. The van der Waals surface area contributed by atoms with Gasteiger partial charge in [-0.05, 0) is 44.1 Å². The Balaban J connectivity index is 1.84. The summed E-state index contributed by atoms with van der Waals surface area (Å²) in [5.74, 6) is 0.358. The van der Waals surface area contributed by atoms with Crippen LogP contribution in [0.25, 0.3) is 0 Å². The van der Waals surface area contributed by atoms with Crippen molar-refractivity contribution in [1.29, 1.82) is 0 Å². The minimum absolute atomic E-state index is 0.230. The van der Waals surface area contributed by atoms with Crippen molar-refractivity contribution in [2.45, 2.75) is 31.7 Å². The number of hydrogen-bond acceptors (Lipinski definition) is 4. The molecule has 0 aromatic heterocycles. The number of carboxylic acids is 1. The predicted molar refractivity (Wildman–Crippen MR) is 63.5 cm³/mol. The third-order valence-corrected chi connectivity index (χ3v) is 5.63. The number of sulfone groups is 1. The van der Waals surface area contributed by atoms with Gasteiger partial charge in [-0.15, -0.1) is 0 Å². The zero-order chi connectivity index (χ0) is 12.5. The molecule has 5 nitrogen and oxygen atoms in total. The minimum atomic E-state index is -2.84. The van der Waals surface area contributed by atoms with Crippen molar-refractivity contribution in [3.8, 4) is 0 Å². The molecule has 98 valence electrons. The van der Waals surface area contributed by atoms with Gasteiger partial charge in [0.05, 0.1) is 11.5 Å². The Kier molecular flexibility index (Phi) is 3.73. The Bertz CT molecular complexity index is 392. The largest absolute Gasteiger partial charge is 0.480 e. The van der Waals surface area contributed by atoms with E-state index in [0.29, 0.717) is 30.4 Å². The molecule has 0 aromatic carbocycles. The summed E-state index contributed by atoms with van der Waals surface area (Å²) in [6, 6.07) is -0.444. The summed E-state index contributed by atoms with van der Waals surface area (Å²) < 4.78 is 23.0. The fourth-order valence-corrected chi connectivity index (χ4v) is 4.75. The predicted octanol–water partition coefficient (Wildman–Crippen LogP) is 0.264. The molecule has 17 heavy (non-hydrogen) atoms. The fraction of sp³-hybridized carbons (Fsp3) is 0.909. The van der Waals surface area contributed by atoms with Crippen molar-refractivity contribution in [1.82, 2.24) is 5.32 Å². The van der Waals surface area contributed by atoms with Crippen LogP contribution in [0.2, 0.25) is 0 Å². The maximum atomic E-state index is 11.5. The van der Waals surface area contributed by atoms with Crippen LogP contribution in [-0.2, 0) is 14.6 Å². The van der Waals surface area contributed by atoms with Crippen molar-refractivity contribution in [2.24, 2.45) is 11.8 Å². The van der Waals surface area contributed by atoms with Gasteiger partial charge < -0.3 is 10.4 Å². The zero-order valence-electron chi connectivity index (χ0n) is 9.76. The summed E-state index contributed by atoms with van der Waals surface area (Å²) in [5, 5.41) is 11.8. The molecule has 0 saturated carbocycles. The summed E-state index contributed by atoms with van der Waals surface area (Å²) in [4.78, 5) is 10.8. The van der Waals surface area contributed by atoms with Gasteiger partial charge in [-0.1, -0.05) is 0 Å². The highest BCUT2D eigenvalue weighted by molar-refractivity contribution is 7.91. The molecular formula is C11H19NO4S. The van der Waals surface area contributed by atoms with Crippen LogP contribution in [0.3, 0.4) is 0 Å². The van der Waals surface area contributed by atoms with Gasteiger partial charge >= 0.3 is 5.97 Å². The van der Waals surface area contributed by atoms with Crippen LogP contribution in [0.1, 0.15) is 25.7 Å². The number of carboxylic acid groups (broad SMARTS) is 1. The number of nitrogens with one attached hydrogen (secondary N) is 1. The van der Waals surface area contributed by atoms with Crippen molar-refractivity contribution in [3.63, 3.8) is 0 Å². The average Bonchev–Trinajstić information content (AvgIpc) is 2.64. The topological polar surface area (TPSA) is 83.5 Å². The molecule has 3 unspecified atom stereocenters. The maximum absolute atomic E-state index is 11.5. The zero-order valence-corrected chi connectivity index (χ0v) is 10.6. The van der Waals surface area contributed by atoms with Crippen LogP contribution >= 0.6 is 0 Å². The van der Waals surface area contributed by atoms with E-state index >= 15 is 0 Å². The van der Waals surface area contributed by atoms with E-state index in [1.807, 2.05) is 0 Å². The first-order valence-electron chi connectivity index (χ1n) is 6.13. The molecule has 2 aliphatic heterocycles. The Morgan fingerprint density at radius 2 is 2.12 bits per heavy atom. The Labute approximate surface area is 102 Å². The molecule has 2 saturated heterocycles. The van der Waals surface area contributed by atoms with E-state index in [1.54, 1.807) is 0 Å². The molecule has 2 aliphatic rings. The Hall–Kier alpha value is -0.620. The highest BCUT2D eigenvalue weighted by atomic mass is 32.2. The first-order chi connectivity index (χ1) is 7.96. The number of aliphatic carboxylic acids is 1. The third-order valence-electron chi connectivity index (χ3n) is 3.74. The normalized spacial score (nSPS) is 36.8. The van der Waals surface area contributed by atoms with E-state index in [-0.39, 0.29) is 5.92 Å². The molecule has 2 rings (SSSR count). The van der Waals surface area contributed by atoms with Crippen molar-refractivity contribution < 1.29 is 18.3 Å². The highest BCUT2D eigenvalue weighted by Crippen LogP contribution is 2.28. The average molecular weight is 261 g/mol. The lowest BCUT2D eigenvalue weighted by Gasteiger charge is -2.24. The van der Waals surface area contributed by atoms with Crippen LogP contribution in [0.5, 0.6) is 0 Å². The van der Waals surface area contributed by atoms with Crippen LogP contribution in [0.4, 0.5) is 0 Å². The van der Waals surface area contributed by atoms with Crippen LogP contribution < -0.4 is 5.32 Å². The molecule has 0 amide bonds. The van der Waals surface area contributed by atoms with Gasteiger partial charge in [0.1, 0.15) is 6.04 Å². The van der Waals surface area contributed by atoms with E-state index in [2.05, 4.69) is 5.32 Å². The number of rotatable bonds is 3. The summed E-state index contributed by atoms with van der Waals surface area (Å²) in [7, 11) is -2.84. The van der Waals surface area contributed by atoms with Gasteiger partial charge in [0.2, 0.25) is 0 Å². The van der Waals surface area contributed by atoms with E-state index in [0.717, 1.165) is 19.3 Å². The van der Waals surface area contributed by atoms with Crippen LogP contribution in [-0.4, -0.2) is 43.6 Å². The first-order valence-corrected chi connectivity index (χ1v) is 7.95. The Morgan fingerprint density at radius 1 is 1.35 bits per heavy atom. The van der Waals surface area contributed by atoms with Gasteiger partial charge in [0.25, 0.3) is 0 Å². The lowest BCUT2D eigenvalue weighted by molar-refractivity contribution is -0.139. The van der Waals surface area contributed by atoms with Crippen molar-refractivity contribution in [2.75, 3.05) is 18.1 Å². The second kappa shape index (κ2) is 4.94. The van der Waals surface area contributed by atoms with Crippen molar-refractivity contribution in [3.05, 3.63) is 0 Å². The van der Waals surface area contributed by atoms with Gasteiger partial charge in [-0.25, -0.2) is 8.42 Å². The summed E-state index contributed by atoms with van der Waals surface area (Å²) in [5.41, 5.74) is 0. The second-order valence-corrected chi connectivity index (χ2v) is 7.49. The Morgan fingerprint density at radius 3 is 2.71 bits per heavy atom. The smallest absolute Gasteiger partial charge is 0.320 e. The van der Waals surface area contributed by atoms with Crippen LogP contribution in [0, 0.1) is 11.8 Å².